The lowest BCUT2D eigenvalue weighted by Crippen LogP contribution is -2.21. The molecule has 0 bridgehead atoms. The largest absolute Gasteiger partial charge is 0.353 e. The van der Waals surface area contributed by atoms with Gasteiger partial charge in [0, 0.05) is 17.1 Å². The van der Waals surface area contributed by atoms with E-state index in [-0.39, 0.29) is 5.91 Å². The molecule has 0 spiro atoms. The maximum atomic E-state index is 11.6. The fraction of sp³-hybridized carbons (Fsp3) is 0.312. The second kappa shape index (κ2) is 8.48. The van der Waals surface area contributed by atoms with Gasteiger partial charge in [0.15, 0.2) is 0 Å². The summed E-state index contributed by atoms with van der Waals surface area (Å²) < 4.78 is 2.80. The fourth-order valence-corrected chi connectivity index (χ4v) is 2.12. The number of carbonyl (C=O) groups is 1. The molecule has 2 aromatic rings. The van der Waals surface area contributed by atoms with E-state index < -0.39 is 0 Å². The monoisotopic (exact) mass is 362 g/mol. The number of carbonyl (C=O) groups excluding carboxylic acids is 1. The molecule has 1 N–H and O–H groups in total. The molecular weight excluding hydrogens is 344 g/mol. The number of hydrogen-bond donors (Lipinski definition) is 1. The number of rotatable bonds is 7. The van der Waals surface area contributed by atoms with Crippen molar-refractivity contribution in [3.8, 4) is 0 Å². The Labute approximate surface area is 138 Å². The van der Waals surface area contributed by atoms with Gasteiger partial charge in [0.2, 0.25) is 5.91 Å². The smallest absolute Gasteiger partial charge is 0.244 e. The molecule has 0 atom stereocenters. The number of benzene rings is 1. The zero-order chi connectivity index (χ0) is 15.8. The van der Waals surface area contributed by atoms with Crippen molar-refractivity contribution in [1.29, 1.82) is 0 Å². The van der Waals surface area contributed by atoms with E-state index in [0.717, 1.165) is 22.9 Å². The molecule has 2 rings (SSSR count). The molecular formula is C16H19BrN4O. The van der Waals surface area contributed by atoms with Crippen LogP contribution in [0.5, 0.6) is 0 Å². The summed E-state index contributed by atoms with van der Waals surface area (Å²) in [6, 6.07) is 8.05. The Morgan fingerprint density at radius 3 is 2.86 bits per heavy atom. The average Bonchev–Trinajstić information content (AvgIpc) is 2.95. The van der Waals surface area contributed by atoms with Gasteiger partial charge < -0.3 is 5.32 Å². The number of unbranched alkanes of at least 4 members (excludes halogenated alkanes) is 1. The van der Waals surface area contributed by atoms with E-state index in [1.165, 1.54) is 6.08 Å². The van der Waals surface area contributed by atoms with Gasteiger partial charge in [-0.3, -0.25) is 4.79 Å². The van der Waals surface area contributed by atoms with E-state index in [4.69, 9.17) is 0 Å². The first-order chi connectivity index (χ1) is 10.7. The lowest BCUT2D eigenvalue weighted by molar-refractivity contribution is -0.116. The van der Waals surface area contributed by atoms with Gasteiger partial charge in [0.05, 0.1) is 12.7 Å². The molecule has 0 unspecified atom stereocenters. The highest BCUT2D eigenvalue weighted by Crippen LogP contribution is 2.11. The highest BCUT2D eigenvalue weighted by Gasteiger charge is 2.00. The van der Waals surface area contributed by atoms with Gasteiger partial charge in [0.1, 0.15) is 5.69 Å². The SMILES string of the molecule is CCCCNC(=O)/C=C\c1cn(Cc2ccc(Br)cc2)nn1. The van der Waals surface area contributed by atoms with Crippen LogP contribution in [0, 0.1) is 0 Å². The molecule has 0 aliphatic carbocycles. The number of halogens is 1. The molecule has 1 heterocycles. The molecule has 0 aliphatic rings. The number of nitrogens with one attached hydrogen (secondary N) is 1. The topological polar surface area (TPSA) is 59.8 Å². The summed E-state index contributed by atoms with van der Waals surface area (Å²) in [6.07, 6.45) is 7.03. The van der Waals surface area contributed by atoms with E-state index in [1.807, 2.05) is 30.5 Å². The third-order valence-electron chi connectivity index (χ3n) is 3.05. The van der Waals surface area contributed by atoms with E-state index in [0.29, 0.717) is 18.8 Å². The zero-order valence-corrected chi connectivity index (χ0v) is 14.1. The Morgan fingerprint density at radius 1 is 1.36 bits per heavy atom. The second-order valence-corrected chi connectivity index (χ2v) is 5.86. The highest BCUT2D eigenvalue weighted by atomic mass is 79.9. The molecule has 6 heteroatoms. The van der Waals surface area contributed by atoms with Crippen molar-refractivity contribution in [1.82, 2.24) is 20.3 Å². The predicted molar refractivity (Wildman–Crippen MR) is 90.2 cm³/mol. The van der Waals surface area contributed by atoms with Gasteiger partial charge in [-0.05, 0) is 30.2 Å². The Bertz CT molecular complexity index is 634. The molecule has 5 nitrogen and oxygen atoms in total. The summed E-state index contributed by atoms with van der Waals surface area (Å²) in [6.45, 7) is 3.44. The number of hydrogen-bond acceptors (Lipinski definition) is 3. The van der Waals surface area contributed by atoms with Gasteiger partial charge in [-0.25, -0.2) is 4.68 Å². The van der Waals surface area contributed by atoms with Gasteiger partial charge in [-0.2, -0.15) is 0 Å². The van der Waals surface area contributed by atoms with Crippen molar-refractivity contribution in [3.63, 3.8) is 0 Å². The number of aromatic nitrogens is 3. The van der Waals surface area contributed by atoms with Crippen LogP contribution in [-0.4, -0.2) is 27.4 Å². The minimum atomic E-state index is -0.101. The summed E-state index contributed by atoms with van der Waals surface area (Å²) in [4.78, 5) is 11.6. The molecule has 1 aromatic heterocycles. The van der Waals surface area contributed by atoms with Crippen LogP contribution in [0.15, 0.2) is 41.0 Å². The van der Waals surface area contributed by atoms with Crippen LogP contribution in [0.25, 0.3) is 6.08 Å². The maximum absolute atomic E-state index is 11.6. The normalized spacial score (nSPS) is 11.0. The molecule has 0 aliphatic heterocycles. The Morgan fingerprint density at radius 2 is 2.14 bits per heavy atom. The van der Waals surface area contributed by atoms with Crippen LogP contribution in [0.3, 0.4) is 0 Å². The van der Waals surface area contributed by atoms with Crippen molar-refractivity contribution in [2.45, 2.75) is 26.3 Å². The second-order valence-electron chi connectivity index (χ2n) is 4.95. The van der Waals surface area contributed by atoms with Crippen LogP contribution in [-0.2, 0) is 11.3 Å². The number of amides is 1. The minimum Gasteiger partial charge on any atom is -0.353 e. The summed E-state index contributed by atoms with van der Waals surface area (Å²) in [5, 5.41) is 10.9. The Kier molecular flexibility index (Phi) is 6.33. The molecule has 0 saturated carbocycles. The van der Waals surface area contributed by atoms with Crippen molar-refractivity contribution < 1.29 is 4.79 Å². The predicted octanol–water partition coefficient (Wildman–Crippen LogP) is 3.02. The molecule has 0 fully saturated rings. The van der Waals surface area contributed by atoms with Gasteiger partial charge >= 0.3 is 0 Å². The van der Waals surface area contributed by atoms with E-state index in [1.54, 1.807) is 10.8 Å². The van der Waals surface area contributed by atoms with Crippen molar-refractivity contribution in [3.05, 3.63) is 52.3 Å². The zero-order valence-electron chi connectivity index (χ0n) is 12.5. The first kappa shape index (κ1) is 16.4. The van der Waals surface area contributed by atoms with Crippen molar-refractivity contribution >= 4 is 27.9 Å². The quantitative estimate of drug-likeness (QED) is 0.608. The summed E-state index contributed by atoms with van der Waals surface area (Å²) in [5.41, 5.74) is 1.81. The molecule has 1 aromatic carbocycles. The van der Waals surface area contributed by atoms with Crippen LogP contribution in [0.2, 0.25) is 0 Å². The third kappa shape index (κ3) is 5.44. The van der Waals surface area contributed by atoms with E-state index in [2.05, 4.69) is 38.5 Å². The molecule has 0 radical (unpaired) electrons. The third-order valence-corrected chi connectivity index (χ3v) is 3.58. The highest BCUT2D eigenvalue weighted by molar-refractivity contribution is 9.10. The van der Waals surface area contributed by atoms with Gasteiger partial charge in [-0.1, -0.05) is 46.6 Å². The van der Waals surface area contributed by atoms with Gasteiger partial charge in [0.25, 0.3) is 0 Å². The Balaban J connectivity index is 1.88. The lowest BCUT2D eigenvalue weighted by atomic mass is 10.2. The minimum absolute atomic E-state index is 0.101. The number of nitrogens with zero attached hydrogens (tertiary/aromatic N) is 3. The molecule has 1 amide bonds. The van der Waals surface area contributed by atoms with Crippen LogP contribution >= 0.6 is 15.9 Å². The summed E-state index contributed by atoms with van der Waals surface area (Å²) in [7, 11) is 0. The van der Waals surface area contributed by atoms with E-state index in [9.17, 15) is 4.79 Å². The fourth-order valence-electron chi connectivity index (χ4n) is 1.85. The average molecular weight is 363 g/mol. The Hall–Kier alpha value is -1.95. The first-order valence-electron chi connectivity index (χ1n) is 7.28. The maximum Gasteiger partial charge on any atom is 0.244 e. The van der Waals surface area contributed by atoms with Gasteiger partial charge in [-0.15, -0.1) is 5.10 Å². The molecule has 22 heavy (non-hydrogen) atoms. The summed E-state index contributed by atoms with van der Waals surface area (Å²) in [5.74, 6) is -0.101. The van der Waals surface area contributed by atoms with Crippen LogP contribution in [0.1, 0.15) is 31.0 Å². The standard InChI is InChI=1S/C16H19BrN4O/c1-2-3-10-18-16(22)9-8-15-12-21(20-19-15)11-13-4-6-14(17)7-5-13/h4-9,12H,2-3,10-11H2,1H3,(H,18,22)/b9-8-. The lowest BCUT2D eigenvalue weighted by Gasteiger charge is -2.00. The summed E-state index contributed by atoms with van der Waals surface area (Å²) >= 11 is 3.41. The van der Waals surface area contributed by atoms with Crippen LogP contribution < -0.4 is 5.32 Å². The van der Waals surface area contributed by atoms with Crippen molar-refractivity contribution in [2.75, 3.05) is 6.54 Å². The molecule has 0 saturated heterocycles. The van der Waals surface area contributed by atoms with E-state index >= 15 is 0 Å². The molecule has 116 valence electrons. The first-order valence-corrected chi connectivity index (χ1v) is 8.07. The van der Waals surface area contributed by atoms with Crippen molar-refractivity contribution in [2.24, 2.45) is 0 Å². The van der Waals surface area contributed by atoms with Crippen LogP contribution in [0.4, 0.5) is 0 Å².